The second-order valence-electron chi connectivity index (χ2n) is 5.37. The number of amides is 2. The van der Waals surface area contributed by atoms with Crippen molar-refractivity contribution >= 4 is 17.4 Å². The van der Waals surface area contributed by atoms with Crippen LogP contribution >= 0.6 is 0 Å². The summed E-state index contributed by atoms with van der Waals surface area (Å²) in [6, 6.07) is 11.0. The molecule has 0 spiro atoms. The molecule has 0 fully saturated rings. The van der Waals surface area contributed by atoms with Crippen molar-refractivity contribution in [3.63, 3.8) is 0 Å². The standard InChI is InChI=1S/C17H13F3N4O3/c1-10-21-15(24-27-10)11-3-2-4-13(9-11)23-16(25)22-12-5-7-14(8-6-12)26-17(18,19)20/h2-9H,1H3,(H2,22,23,25). The second kappa shape index (κ2) is 7.36. The van der Waals surface area contributed by atoms with Crippen LogP contribution in [0.1, 0.15) is 5.89 Å². The van der Waals surface area contributed by atoms with Gasteiger partial charge < -0.3 is 19.9 Å². The van der Waals surface area contributed by atoms with Crippen LogP contribution in [0.5, 0.6) is 5.75 Å². The van der Waals surface area contributed by atoms with Crippen LogP contribution in [0.15, 0.2) is 53.1 Å². The highest BCUT2D eigenvalue weighted by Gasteiger charge is 2.30. The molecule has 2 aromatic carbocycles. The summed E-state index contributed by atoms with van der Waals surface area (Å²) in [7, 11) is 0. The number of urea groups is 1. The maximum atomic E-state index is 12.1. The van der Waals surface area contributed by atoms with Crippen LogP contribution < -0.4 is 15.4 Å². The summed E-state index contributed by atoms with van der Waals surface area (Å²) in [5, 5.41) is 8.92. The maximum Gasteiger partial charge on any atom is 0.573 e. The lowest BCUT2D eigenvalue weighted by Gasteiger charge is -2.11. The molecule has 2 N–H and O–H groups in total. The minimum absolute atomic E-state index is 0.298. The lowest BCUT2D eigenvalue weighted by molar-refractivity contribution is -0.274. The van der Waals surface area contributed by atoms with E-state index in [1.807, 2.05) is 0 Å². The molecule has 0 aliphatic heterocycles. The monoisotopic (exact) mass is 378 g/mol. The van der Waals surface area contributed by atoms with Gasteiger partial charge in [-0.3, -0.25) is 0 Å². The van der Waals surface area contributed by atoms with Gasteiger partial charge in [0, 0.05) is 23.9 Å². The molecule has 2 amide bonds. The third-order valence-corrected chi connectivity index (χ3v) is 3.25. The van der Waals surface area contributed by atoms with Gasteiger partial charge in [0.1, 0.15) is 5.75 Å². The van der Waals surface area contributed by atoms with Crippen molar-refractivity contribution < 1.29 is 27.2 Å². The fourth-order valence-electron chi connectivity index (χ4n) is 2.19. The Hall–Kier alpha value is -3.56. The highest BCUT2D eigenvalue weighted by molar-refractivity contribution is 6.00. The number of carbonyl (C=O) groups excluding carboxylic acids is 1. The molecule has 0 atom stereocenters. The zero-order valence-corrected chi connectivity index (χ0v) is 13.9. The first-order valence-electron chi connectivity index (χ1n) is 7.63. The first-order valence-corrected chi connectivity index (χ1v) is 7.63. The first kappa shape index (κ1) is 18.2. The molecule has 0 bridgehead atoms. The van der Waals surface area contributed by atoms with E-state index in [0.29, 0.717) is 28.7 Å². The van der Waals surface area contributed by atoms with E-state index < -0.39 is 12.4 Å². The van der Waals surface area contributed by atoms with Crippen molar-refractivity contribution in [2.75, 3.05) is 10.6 Å². The lowest BCUT2D eigenvalue weighted by Crippen LogP contribution is -2.19. The largest absolute Gasteiger partial charge is 0.573 e. The van der Waals surface area contributed by atoms with Crippen molar-refractivity contribution in [3.05, 3.63) is 54.4 Å². The van der Waals surface area contributed by atoms with Crippen molar-refractivity contribution in [2.45, 2.75) is 13.3 Å². The van der Waals surface area contributed by atoms with Crippen molar-refractivity contribution in [1.82, 2.24) is 10.1 Å². The predicted molar refractivity (Wildman–Crippen MR) is 90.2 cm³/mol. The molecular weight excluding hydrogens is 365 g/mol. The number of ether oxygens (including phenoxy) is 1. The van der Waals surface area contributed by atoms with Gasteiger partial charge >= 0.3 is 12.4 Å². The van der Waals surface area contributed by atoms with Gasteiger partial charge in [0.2, 0.25) is 11.7 Å². The predicted octanol–water partition coefficient (Wildman–Crippen LogP) is 4.59. The van der Waals surface area contributed by atoms with E-state index in [0.717, 1.165) is 12.1 Å². The maximum absolute atomic E-state index is 12.1. The number of aromatic nitrogens is 2. The minimum Gasteiger partial charge on any atom is -0.406 e. The number of rotatable bonds is 4. The van der Waals surface area contributed by atoms with Gasteiger partial charge in [-0.1, -0.05) is 17.3 Å². The molecule has 0 unspecified atom stereocenters. The Kier molecular flexibility index (Phi) is 4.97. The molecule has 0 aliphatic carbocycles. The van der Waals surface area contributed by atoms with Crippen LogP contribution in [0.25, 0.3) is 11.4 Å². The number of anilines is 2. The summed E-state index contributed by atoms with van der Waals surface area (Å²) < 4.78 is 45.1. The summed E-state index contributed by atoms with van der Waals surface area (Å²) in [6.45, 7) is 1.66. The van der Waals surface area contributed by atoms with Gasteiger partial charge in [0.25, 0.3) is 0 Å². The Morgan fingerprint density at radius 1 is 1.07 bits per heavy atom. The van der Waals surface area contributed by atoms with Gasteiger partial charge in [0.15, 0.2) is 0 Å². The molecule has 27 heavy (non-hydrogen) atoms. The first-order chi connectivity index (χ1) is 12.8. The highest BCUT2D eigenvalue weighted by atomic mass is 19.4. The van der Waals surface area contributed by atoms with Gasteiger partial charge in [-0.05, 0) is 36.4 Å². The Morgan fingerprint density at radius 2 is 1.78 bits per heavy atom. The average Bonchev–Trinajstić information content (AvgIpc) is 3.02. The van der Waals surface area contributed by atoms with E-state index in [1.165, 1.54) is 12.1 Å². The summed E-state index contributed by atoms with van der Waals surface area (Å²) in [6.07, 6.45) is -4.77. The number of hydrogen-bond acceptors (Lipinski definition) is 5. The molecule has 1 aromatic heterocycles. The fraction of sp³-hybridized carbons (Fsp3) is 0.118. The van der Waals surface area contributed by atoms with Gasteiger partial charge in [-0.2, -0.15) is 4.98 Å². The van der Waals surface area contributed by atoms with E-state index in [9.17, 15) is 18.0 Å². The Bertz CT molecular complexity index is 939. The molecule has 7 nitrogen and oxygen atoms in total. The molecule has 0 aliphatic rings. The number of nitrogens with zero attached hydrogens (tertiary/aromatic N) is 2. The Balaban J connectivity index is 1.62. The SMILES string of the molecule is Cc1nc(-c2cccc(NC(=O)Nc3ccc(OC(F)(F)F)cc3)c2)no1. The van der Waals surface area contributed by atoms with E-state index in [4.69, 9.17) is 4.52 Å². The van der Waals surface area contributed by atoms with E-state index in [2.05, 4.69) is 25.5 Å². The molecule has 140 valence electrons. The Morgan fingerprint density at radius 3 is 2.41 bits per heavy atom. The van der Waals surface area contributed by atoms with Crippen molar-refractivity contribution in [3.8, 4) is 17.1 Å². The summed E-state index contributed by atoms with van der Waals surface area (Å²) in [5.41, 5.74) is 1.43. The van der Waals surface area contributed by atoms with Crippen molar-refractivity contribution in [2.24, 2.45) is 0 Å². The molecule has 3 aromatic rings. The molecule has 3 rings (SSSR count). The van der Waals surface area contributed by atoms with Crippen molar-refractivity contribution in [1.29, 1.82) is 0 Å². The molecule has 10 heteroatoms. The van der Waals surface area contributed by atoms with Crippen LogP contribution in [-0.2, 0) is 0 Å². The number of hydrogen-bond donors (Lipinski definition) is 2. The van der Waals surface area contributed by atoms with Crippen LogP contribution in [0.4, 0.5) is 29.3 Å². The number of benzene rings is 2. The number of aryl methyl sites for hydroxylation is 1. The molecule has 1 heterocycles. The highest BCUT2D eigenvalue weighted by Crippen LogP contribution is 2.24. The normalized spacial score (nSPS) is 11.1. The number of alkyl halides is 3. The van der Waals surface area contributed by atoms with Gasteiger partial charge in [0.05, 0.1) is 0 Å². The third kappa shape index (κ3) is 5.21. The quantitative estimate of drug-likeness (QED) is 0.693. The topological polar surface area (TPSA) is 89.3 Å². The summed E-state index contributed by atoms with van der Waals surface area (Å²) >= 11 is 0. The smallest absolute Gasteiger partial charge is 0.406 e. The van der Waals surface area contributed by atoms with E-state index >= 15 is 0 Å². The number of carbonyl (C=O) groups is 1. The van der Waals surface area contributed by atoms with Crippen LogP contribution in [0.2, 0.25) is 0 Å². The zero-order chi connectivity index (χ0) is 19.4. The minimum atomic E-state index is -4.77. The van der Waals surface area contributed by atoms with E-state index in [1.54, 1.807) is 31.2 Å². The number of halogens is 3. The zero-order valence-electron chi connectivity index (χ0n) is 13.9. The Labute approximate surface area is 151 Å². The molecular formula is C17H13F3N4O3. The summed E-state index contributed by atoms with van der Waals surface area (Å²) in [4.78, 5) is 16.2. The van der Waals surface area contributed by atoms with Crippen LogP contribution in [0.3, 0.4) is 0 Å². The average molecular weight is 378 g/mol. The fourth-order valence-corrected chi connectivity index (χ4v) is 2.19. The van der Waals surface area contributed by atoms with Gasteiger partial charge in [-0.25, -0.2) is 4.79 Å². The lowest BCUT2D eigenvalue weighted by atomic mass is 10.2. The molecule has 0 saturated heterocycles. The summed E-state index contributed by atoms with van der Waals surface area (Å²) in [5.74, 6) is 0.424. The molecule has 0 saturated carbocycles. The van der Waals surface area contributed by atoms with Crippen LogP contribution in [0, 0.1) is 6.92 Å². The third-order valence-electron chi connectivity index (χ3n) is 3.25. The van der Waals surface area contributed by atoms with Crippen LogP contribution in [-0.4, -0.2) is 22.5 Å². The van der Waals surface area contributed by atoms with E-state index in [-0.39, 0.29) is 5.75 Å². The van der Waals surface area contributed by atoms with Gasteiger partial charge in [-0.15, -0.1) is 13.2 Å². The molecule has 0 radical (unpaired) electrons. The number of nitrogens with one attached hydrogen (secondary N) is 2. The second-order valence-corrected chi connectivity index (χ2v) is 5.37.